The van der Waals surface area contributed by atoms with Crippen molar-refractivity contribution in [3.63, 3.8) is 0 Å². The smallest absolute Gasteiger partial charge is 0.119 e. The molecule has 3 aliphatic rings. The molecule has 0 aliphatic heterocycles. The van der Waals surface area contributed by atoms with Gasteiger partial charge in [0.05, 0.1) is 6.61 Å². The maximum Gasteiger partial charge on any atom is 0.119 e. The SMILES string of the molecule is CC1C=CCC2C3CC(C12)C(C)(COc1ccc(-c2ccccc2)cc1)C3. The predicted octanol–water partition coefficient (Wildman–Crippen LogP) is 6.61. The number of fused-ring (bicyclic) bond motifs is 5. The Hall–Kier alpha value is -2.02. The van der Waals surface area contributed by atoms with E-state index in [4.69, 9.17) is 4.74 Å². The van der Waals surface area contributed by atoms with Crippen LogP contribution in [0.5, 0.6) is 5.75 Å². The molecule has 1 nitrogen and oxygen atoms in total. The minimum Gasteiger partial charge on any atom is -0.493 e. The molecule has 2 aromatic rings. The molecule has 0 N–H and O–H groups in total. The molecule has 140 valence electrons. The highest BCUT2D eigenvalue weighted by molar-refractivity contribution is 5.63. The zero-order valence-electron chi connectivity index (χ0n) is 16.5. The van der Waals surface area contributed by atoms with Gasteiger partial charge in [0.25, 0.3) is 0 Å². The van der Waals surface area contributed by atoms with Crippen LogP contribution >= 0.6 is 0 Å². The van der Waals surface area contributed by atoms with Gasteiger partial charge in [-0.3, -0.25) is 0 Å². The summed E-state index contributed by atoms with van der Waals surface area (Å²) in [5, 5.41) is 0. The summed E-state index contributed by atoms with van der Waals surface area (Å²) in [6, 6.07) is 19.2. The van der Waals surface area contributed by atoms with Gasteiger partial charge in [0.1, 0.15) is 5.75 Å². The van der Waals surface area contributed by atoms with E-state index in [2.05, 4.69) is 80.6 Å². The van der Waals surface area contributed by atoms with Crippen molar-refractivity contribution in [2.24, 2.45) is 35.0 Å². The van der Waals surface area contributed by atoms with Crippen molar-refractivity contribution < 1.29 is 4.74 Å². The standard InChI is InChI=1S/C26H30O/c1-18-7-6-10-23-21-15-24(25(18)23)26(2,16-21)17-27-22-13-11-20(12-14-22)19-8-4-3-5-9-19/h3-9,11-14,18,21,23-25H,10,15-17H2,1-2H3. The summed E-state index contributed by atoms with van der Waals surface area (Å²) in [7, 11) is 0. The van der Waals surface area contributed by atoms with Crippen LogP contribution in [0.15, 0.2) is 66.7 Å². The Balaban J connectivity index is 1.27. The van der Waals surface area contributed by atoms with Gasteiger partial charge in [0.2, 0.25) is 0 Å². The Labute approximate surface area is 163 Å². The van der Waals surface area contributed by atoms with E-state index < -0.39 is 0 Å². The summed E-state index contributed by atoms with van der Waals surface area (Å²) < 4.78 is 6.33. The van der Waals surface area contributed by atoms with Gasteiger partial charge in [-0.2, -0.15) is 0 Å². The lowest BCUT2D eigenvalue weighted by atomic mass is 9.60. The average Bonchev–Trinajstić information content (AvgIpc) is 3.24. The molecule has 2 saturated carbocycles. The van der Waals surface area contributed by atoms with Crippen LogP contribution in [0.4, 0.5) is 0 Å². The van der Waals surface area contributed by atoms with Crippen LogP contribution in [0.3, 0.4) is 0 Å². The van der Waals surface area contributed by atoms with E-state index in [0.717, 1.165) is 41.9 Å². The largest absolute Gasteiger partial charge is 0.493 e. The molecule has 6 unspecified atom stereocenters. The van der Waals surface area contributed by atoms with Gasteiger partial charge in [0, 0.05) is 5.41 Å². The second-order valence-corrected chi connectivity index (χ2v) is 9.40. The normalized spacial score (nSPS) is 36.6. The summed E-state index contributed by atoms with van der Waals surface area (Å²) in [5.74, 6) is 5.31. The van der Waals surface area contributed by atoms with E-state index in [-0.39, 0.29) is 0 Å². The molecule has 2 aromatic carbocycles. The first-order chi connectivity index (χ1) is 13.1. The molecule has 3 aliphatic carbocycles. The molecule has 0 saturated heterocycles. The molecule has 0 radical (unpaired) electrons. The number of allylic oxidation sites excluding steroid dienone is 2. The third-order valence-electron chi connectivity index (χ3n) is 7.73. The van der Waals surface area contributed by atoms with Gasteiger partial charge in [-0.1, -0.05) is 68.5 Å². The van der Waals surface area contributed by atoms with Crippen molar-refractivity contribution in [2.75, 3.05) is 6.61 Å². The average molecular weight is 359 g/mol. The maximum atomic E-state index is 6.33. The van der Waals surface area contributed by atoms with Crippen molar-refractivity contribution in [3.05, 3.63) is 66.7 Å². The zero-order chi connectivity index (χ0) is 18.4. The minimum atomic E-state index is 0.337. The fourth-order valence-corrected chi connectivity index (χ4v) is 6.48. The van der Waals surface area contributed by atoms with Gasteiger partial charge in [0.15, 0.2) is 0 Å². The third-order valence-corrected chi connectivity index (χ3v) is 7.73. The molecular formula is C26H30O. The second-order valence-electron chi connectivity index (χ2n) is 9.40. The Bertz CT molecular complexity index is 821. The van der Waals surface area contributed by atoms with Crippen LogP contribution in [0, 0.1) is 35.0 Å². The lowest BCUT2D eigenvalue weighted by molar-refractivity contribution is 0.0190. The molecule has 2 bridgehead atoms. The maximum absolute atomic E-state index is 6.33. The van der Waals surface area contributed by atoms with Crippen molar-refractivity contribution >= 4 is 0 Å². The summed E-state index contributed by atoms with van der Waals surface area (Å²) in [5.41, 5.74) is 2.85. The number of hydrogen-bond acceptors (Lipinski definition) is 1. The molecule has 0 heterocycles. The van der Waals surface area contributed by atoms with Crippen molar-refractivity contribution in [2.45, 2.75) is 33.1 Å². The molecule has 6 atom stereocenters. The van der Waals surface area contributed by atoms with Crippen LogP contribution in [0.25, 0.3) is 11.1 Å². The van der Waals surface area contributed by atoms with Gasteiger partial charge < -0.3 is 4.74 Å². The summed E-state index contributed by atoms with van der Waals surface area (Å²) in [6.07, 6.45) is 8.99. The van der Waals surface area contributed by atoms with Gasteiger partial charge in [-0.05, 0) is 72.1 Å². The highest BCUT2D eigenvalue weighted by Gasteiger charge is 2.59. The molecule has 0 spiro atoms. The fourth-order valence-electron chi connectivity index (χ4n) is 6.48. The molecule has 27 heavy (non-hydrogen) atoms. The van der Waals surface area contributed by atoms with E-state index in [1.54, 1.807) is 0 Å². The van der Waals surface area contributed by atoms with Crippen LogP contribution < -0.4 is 4.74 Å². The first-order valence-corrected chi connectivity index (χ1v) is 10.6. The summed E-state index contributed by atoms with van der Waals surface area (Å²) in [4.78, 5) is 0. The van der Waals surface area contributed by atoms with Crippen LogP contribution in [0.2, 0.25) is 0 Å². The summed E-state index contributed by atoms with van der Waals surface area (Å²) >= 11 is 0. The predicted molar refractivity (Wildman–Crippen MR) is 112 cm³/mol. The van der Waals surface area contributed by atoms with E-state index in [1.165, 1.54) is 30.4 Å². The number of benzene rings is 2. The van der Waals surface area contributed by atoms with Crippen molar-refractivity contribution in [1.82, 2.24) is 0 Å². The topological polar surface area (TPSA) is 9.23 Å². The third kappa shape index (κ3) is 2.92. The van der Waals surface area contributed by atoms with E-state index in [0.29, 0.717) is 5.41 Å². The molecule has 5 rings (SSSR count). The first-order valence-electron chi connectivity index (χ1n) is 10.6. The molecule has 1 heteroatoms. The Morgan fingerprint density at radius 1 is 1.00 bits per heavy atom. The summed E-state index contributed by atoms with van der Waals surface area (Å²) in [6.45, 7) is 5.77. The van der Waals surface area contributed by atoms with Crippen LogP contribution in [-0.4, -0.2) is 6.61 Å². The Morgan fingerprint density at radius 3 is 2.52 bits per heavy atom. The number of rotatable bonds is 4. The number of ether oxygens (including phenoxy) is 1. The quantitative estimate of drug-likeness (QED) is 0.559. The molecule has 2 fully saturated rings. The Morgan fingerprint density at radius 2 is 1.74 bits per heavy atom. The molecule has 0 amide bonds. The fraction of sp³-hybridized carbons (Fsp3) is 0.462. The molecule has 0 aromatic heterocycles. The first kappa shape index (κ1) is 17.1. The highest BCUT2D eigenvalue weighted by Crippen LogP contribution is 2.64. The minimum absolute atomic E-state index is 0.337. The second kappa shape index (κ2) is 6.55. The van der Waals surface area contributed by atoms with E-state index >= 15 is 0 Å². The van der Waals surface area contributed by atoms with Gasteiger partial charge in [-0.15, -0.1) is 0 Å². The van der Waals surface area contributed by atoms with Crippen LogP contribution in [0.1, 0.15) is 33.1 Å². The van der Waals surface area contributed by atoms with Gasteiger partial charge >= 0.3 is 0 Å². The van der Waals surface area contributed by atoms with Crippen molar-refractivity contribution in [3.8, 4) is 16.9 Å². The lowest BCUT2D eigenvalue weighted by Gasteiger charge is -2.45. The van der Waals surface area contributed by atoms with Crippen LogP contribution in [-0.2, 0) is 0 Å². The molecular weight excluding hydrogens is 328 g/mol. The zero-order valence-corrected chi connectivity index (χ0v) is 16.5. The van der Waals surface area contributed by atoms with Gasteiger partial charge in [-0.25, -0.2) is 0 Å². The number of hydrogen-bond donors (Lipinski definition) is 0. The van der Waals surface area contributed by atoms with E-state index in [9.17, 15) is 0 Å². The Kier molecular flexibility index (Phi) is 4.15. The van der Waals surface area contributed by atoms with E-state index in [1.807, 2.05) is 0 Å². The van der Waals surface area contributed by atoms with Crippen molar-refractivity contribution in [1.29, 1.82) is 0 Å². The monoisotopic (exact) mass is 358 g/mol. The highest BCUT2D eigenvalue weighted by atomic mass is 16.5. The lowest BCUT2D eigenvalue weighted by Crippen LogP contribution is -2.42.